The summed E-state index contributed by atoms with van der Waals surface area (Å²) in [6.07, 6.45) is 0.468. The van der Waals surface area contributed by atoms with Crippen LogP contribution in [-0.4, -0.2) is 37.6 Å². The highest BCUT2D eigenvalue weighted by Gasteiger charge is 2.26. The lowest BCUT2D eigenvalue weighted by atomic mass is 10.1. The van der Waals surface area contributed by atoms with E-state index in [4.69, 9.17) is 0 Å². The number of benzene rings is 3. The molecule has 2 amide bonds. The first-order chi connectivity index (χ1) is 15.7. The van der Waals surface area contributed by atoms with Crippen LogP contribution in [0.2, 0.25) is 0 Å². The molecule has 172 valence electrons. The molecule has 0 radical (unpaired) electrons. The highest BCUT2D eigenvalue weighted by molar-refractivity contribution is 9.10. The predicted molar refractivity (Wildman–Crippen MR) is 132 cm³/mol. The summed E-state index contributed by atoms with van der Waals surface area (Å²) < 4.78 is 28.5. The van der Waals surface area contributed by atoms with Gasteiger partial charge in [-0.05, 0) is 60.5 Å². The predicted octanol–water partition coefficient (Wildman–Crippen LogP) is 4.28. The van der Waals surface area contributed by atoms with Gasteiger partial charge in [-0.2, -0.15) is 4.31 Å². The molecule has 0 fully saturated rings. The van der Waals surface area contributed by atoms with Crippen LogP contribution < -0.4 is 10.6 Å². The van der Waals surface area contributed by atoms with Crippen LogP contribution in [0.1, 0.15) is 12.5 Å². The van der Waals surface area contributed by atoms with Gasteiger partial charge in [0.2, 0.25) is 21.8 Å². The van der Waals surface area contributed by atoms with Crippen molar-refractivity contribution in [2.24, 2.45) is 0 Å². The molecule has 0 aliphatic carbocycles. The number of hydrogen-bond donors (Lipinski definition) is 2. The van der Waals surface area contributed by atoms with Gasteiger partial charge < -0.3 is 10.6 Å². The van der Waals surface area contributed by atoms with Crippen molar-refractivity contribution in [1.29, 1.82) is 0 Å². The van der Waals surface area contributed by atoms with E-state index in [2.05, 4.69) is 26.6 Å². The molecule has 3 aromatic rings. The van der Waals surface area contributed by atoms with E-state index >= 15 is 0 Å². The molecule has 7 nitrogen and oxygen atoms in total. The van der Waals surface area contributed by atoms with Gasteiger partial charge in [-0.1, -0.05) is 46.3 Å². The molecular weight excluding hydrogens is 506 g/mol. The normalized spacial score (nSPS) is 11.2. The highest BCUT2D eigenvalue weighted by atomic mass is 79.9. The van der Waals surface area contributed by atoms with Gasteiger partial charge >= 0.3 is 0 Å². The Bertz CT molecular complexity index is 1200. The number of amides is 2. The van der Waals surface area contributed by atoms with Crippen molar-refractivity contribution in [3.05, 3.63) is 88.9 Å². The third-order valence-corrected chi connectivity index (χ3v) is 7.14. The third kappa shape index (κ3) is 7.24. The van der Waals surface area contributed by atoms with Gasteiger partial charge in [0.05, 0.1) is 11.4 Å². The van der Waals surface area contributed by atoms with Gasteiger partial charge in [-0.15, -0.1) is 0 Å². The molecule has 0 bridgehead atoms. The van der Waals surface area contributed by atoms with Crippen molar-refractivity contribution in [2.45, 2.75) is 18.2 Å². The van der Waals surface area contributed by atoms with E-state index in [1.165, 1.54) is 23.4 Å². The van der Waals surface area contributed by atoms with E-state index in [9.17, 15) is 18.0 Å². The zero-order valence-electron chi connectivity index (χ0n) is 18.0. The SMILES string of the molecule is CC(=O)Nc1ccc(NC(=O)CN(CCc2ccccc2)S(=O)(=O)c2ccc(Br)cc2)cc1. The molecule has 0 aliphatic rings. The summed E-state index contributed by atoms with van der Waals surface area (Å²) in [4.78, 5) is 24.0. The average molecular weight is 530 g/mol. The molecule has 3 aromatic carbocycles. The van der Waals surface area contributed by atoms with Crippen molar-refractivity contribution in [2.75, 3.05) is 23.7 Å². The molecule has 0 atom stereocenters. The van der Waals surface area contributed by atoms with Gasteiger partial charge in [-0.25, -0.2) is 8.42 Å². The largest absolute Gasteiger partial charge is 0.326 e. The highest BCUT2D eigenvalue weighted by Crippen LogP contribution is 2.20. The molecule has 0 spiro atoms. The van der Waals surface area contributed by atoms with E-state index in [0.29, 0.717) is 17.8 Å². The number of halogens is 1. The number of rotatable bonds is 9. The van der Waals surface area contributed by atoms with Gasteiger partial charge in [0.1, 0.15) is 0 Å². The van der Waals surface area contributed by atoms with Crippen molar-refractivity contribution >= 4 is 49.1 Å². The Morgan fingerprint density at radius 2 is 1.42 bits per heavy atom. The number of hydrogen-bond acceptors (Lipinski definition) is 4. The molecular formula is C24H24BrN3O4S. The van der Waals surface area contributed by atoms with Crippen LogP contribution in [0.25, 0.3) is 0 Å². The van der Waals surface area contributed by atoms with Gasteiger partial charge in [0, 0.05) is 29.3 Å². The van der Waals surface area contributed by atoms with Gasteiger partial charge in [0.25, 0.3) is 0 Å². The first-order valence-electron chi connectivity index (χ1n) is 10.2. The molecule has 3 rings (SSSR count). The molecule has 33 heavy (non-hydrogen) atoms. The van der Waals surface area contributed by atoms with E-state index in [0.717, 1.165) is 10.0 Å². The number of sulfonamides is 1. The van der Waals surface area contributed by atoms with E-state index in [-0.39, 0.29) is 23.9 Å². The van der Waals surface area contributed by atoms with Crippen molar-refractivity contribution in [3.8, 4) is 0 Å². The Labute approximate surface area is 202 Å². The monoisotopic (exact) mass is 529 g/mol. The van der Waals surface area contributed by atoms with Crippen LogP contribution in [0, 0.1) is 0 Å². The van der Waals surface area contributed by atoms with Crippen molar-refractivity contribution in [1.82, 2.24) is 4.31 Å². The molecule has 0 aromatic heterocycles. The fraction of sp³-hybridized carbons (Fsp3) is 0.167. The Kier molecular flexibility index (Phi) is 8.37. The maximum Gasteiger partial charge on any atom is 0.243 e. The molecule has 2 N–H and O–H groups in total. The fourth-order valence-electron chi connectivity index (χ4n) is 3.14. The summed E-state index contributed by atoms with van der Waals surface area (Å²) >= 11 is 3.31. The molecule has 0 unspecified atom stereocenters. The maximum atomic E-state index is 13.3. The van der Waals surface area contributed by atoms with Gasteiger partial charge in [0.15, 0.2) is 0 Å². The molecule has 0 aliphatic heterocycles. The second-order valence-electron chi connectivity index (χ2n) is 7.33. The Balaban J connectivity index is 1.75. The summed E-state index contributed by atoms with van der Waals surface area (Å²) in [5.41, 5.74) is 2.07. The number of anilines is 2. The van der Waals surface area contributed by atoms with Crippen LogP contribution in [-0.2, 0) is 26.0 Å². The first-order valence-corrected chi connectivity index (χ1v) is 12.4. The van der Waals surface area contributed by atoms with Crippen LogP contribution >= 0.6 is 15.9 Å². The summed E-state index contributed by atoms with van der Waals surface area (Å²) in [7, 11) is -3.89. The second-order valence-corrected chi connectivity index (χ2v) is 10.2. The lowest BCUT2D eigenvalue weighted by Gasteiger charge is -2.22. The van der Waals surface area contributed by atoms with Crippen LogP contribution in [0.3, 0.4) is 0 Å². The second kappa shape index (κ2) is 11.2. The van der Waals surface area contributed by atoms with Crippen molar-refractivity contribution < 1.29 is 18.0 Å². The quantitative estimate of drug-likeness (QED) is 0.432. The average Bonchev–Trinajstić information content (AvgIpc) is 2.78. The lowest BCUT2D eigenvalue weighted by molar-refractivity contribution is -0.116. The first kappa shape index (κ1) is 24.6. The summed E-state index contributed by atoms with van der Waals surface area (Å²) in [6, 6.07) is 22.4. The number of carbonyl (C=O) groups excluding carboxylic acids is 2. The van der Waals surface area contributed by atoms with E-state index in [1.54, 1.807) is 36.4 Å². The Morgan fingerprint density at radius 1 is 0.848 bits per heavy atom. The molecule has 0 saturated heterocycles. The van der Waals surface area contributed by atoms with Crippen LogP contribution in [0.15, 0.2) is 88.2 Å². The molecule has 0 heterocycles. The summed E-state index contributed by atoms with van der Waals surface area (Å²) in [5.74, 6) is -0.657. The zero-order valence-corrected chi connectivity index (χ0v) is 20.4. The standard InChI is InChI=1S/C24H24BrN3O4S/c1-18(29)26-21-9-11-22(12-10-21)27-24(30)17-28(16-15-19-5-3-2-4-6-19)33(31,32)23-13-7-20(25)8-14-23/h2-14H,15-17H2,1H3,(H,26,29)(H,27,30). The maximum absolute atomic E-state index is 13.3. The molecule has 9 heteroatoms. The Hall–Kier alpha value is -3.01. The molecule has 0 saturated carbocycles. The Morgan fingerprint density at radius 3 is 2.00 bits per heavy atom. The number of nitrogens with zero attached hydrogens (tertiary/aromatic N) is 1. The minimum Gasteiger partial charge on any atom is -0.326 e. The smallest absolute Gasteiger partial charge is 0.243 e. The zero-order chi connectivity index (χ0) is 23.8. The number of nitrogens with one attached hydrogen (secondary N) is 2. The topological polar surface area (TPSA) is 95.6 Å². The third-order valence-electron chi connectivity index (χ3n) is 4.75. The van der Waals surface area contributed by atoms with E-state index < -0.39 is 15.9 Å². The minimum atomic E-state index is -3.89. The van der Waals surface area contributed by atoms with Crippen LogP contribution in [0.4, 0.5) is 11.4 Å². The van der Waals surface area contributed by atoms with Gasteiger partial charge in [-0.3, -0.25) is 9.59 Å². The fourth-order valence-corrected chi connectivity index (χ4v) is 4.80. The van der Waals surface area contributed by atoms with Crippen LogP contribution in [0.5, 0.6) is 0 Å². The minimum absolute atomic E-state index is 0.117. The van der Waals surface area contributed by atoms with E-state index in [1.807, 2.05) is 30.3 Å². The number of carbonyl (C=O) groups is 2. The lowest BCUT2D eigenvalue weighted by Crippen LogP contribution is -2.39. The summed E-state index contributed by atoms with van der Waals surface area (Å²) in [6.45, 7) is 1.22. The summed E-state index contributed by atoms with van der Waals surface area (Å²) in [5, 5.41) is 5.37. The van der Waals surface area contributed by atoms with Crippen molar-refractivity contribution in [3.63, 3.8) is 0 Å².